The van der Waals surface area contributed by atoms with Gasteiger partial charge in [0.2, 0.25) is 0 Å². The lowest BCUT2D eigenvalue weighted by Crippen LogP contribution is -2.55. The molecule has 1 aliphatic heterocycles. The second-order valence-corrected chi connectivity index (χ2v) is 7.14. The number of nitrogens with one attached hydrogen (secondary N) is 1. The Hall–Kier alpha value is -0.0800. The summed E-state index contributed by atoms with van der Waals surface area (Å²) in [5.74, 6) is 0.996. The first-order chi connectivity index (χ1) is 9.76. The van der Waals surface area contributed by atoms with Gasteiger partial charge in [0.25, 0.3) is 0 Å². The molecule has 4 atom stereocenters. The number of rotatable bonds is 6. The van der Waals surface area contributed by atoms with Gasteiger partial charge in [-0.2, -0.15) is 0 Å². The van der Waals surface area contributed by atoms with E-state index < -0.39 is 0 Å². The number of likely N-dealkylation sites (tertiary alicyclic amines) is 1. The molecule has 0 amide bonds. The van der Waals surface area contributed by atoms with Gasteiger partial charge in [-0.3, -0.25) is 4.90 Å². The Kier molecular flexibility index (Phi) is 6.83. The highest BCUT2D eigenvalue weighted by molar-refractivity contribution is 4.91. The van der Waals surface area contributed by atoms with Crippen LogP contribution in [0, 0.1) is 5.92 Å². The molecule has 118 valence electrons. The zero-order valence-electron chi connectivity index (χ0n) is 14.0. The van der Waals surface area contributed by atoms with Gasteiger partial charge in [0.15, 0.2) is 0 Å². The predicted molar refractivity (Wildman–Crippen MR) is 88.1 cm³/mol. The number of piperidine rings is 1. The first-order valence-electron chi connectivity index (χ1n) is 9.25. The van der Waals surface area contributed by atoms with Crippen LogP contribution in [0.15, 0.2) is 0 Å². The molecule has 1 saturated carbocycles. The Morgan fingerprint density at radius 2 is 1.95 bits per heavy atom. The van der Waals surface area contributed by atoms with Gasteiger partial charge in [0.05, 0.1) is 0 Å². The van der Waals surface area contributed by atoms with Gasteiger partial charge in [-0.05, 0) is 58.0 Å². The molecule has 1 aliphatic carbocycles. The minimum absolute atomic E-state index is 0.664. The average molecular weight is 280 g/mol. The van der Waals surface area contributed by atoms with Crippen LogP contribution in [0.1, 0.15) is 78.6 Å². The molecule has 2 rings (SSSR count). The number of nitrogens with zero attached hydrogens (tertiary/aromatic N) is 1. The van der Waals surface area contributed by atoms with Crippen LogP contribution in [0.3, 0.4) is 0 Å². The first-order valence-corrected chi connectivity index (χ1v) is 9.25. The van der Waals surface area contributed by atoms with E-state index in [0.717, 1.165) is 18.0 Å². The highest BCUT2D eigenvalue weighted by Gasteiger charge is 2.34. The molecule has 0 aromatic heterocycles. The van der Waals surface area contributed by atoms with E-state index in [9.17, 15) is 0 Å². The van der Waals surface area contributed by atoms with Crippen molar-refractivity contribution in [3.8, 4) is 0 Å². The van der Waals surface area contributed by atoms with Crippen LogP contribution < -0.4 is 5.32 Å². The fraction of sp³-hybridized carbons (Fsp3) is 1.00. The van der Waals surface area contributed by atoms with E-state index in [-0.39, 0.29) is 0 Å². The van der Waals surface area contributed by atoms with Crippen molar-refractivity contribution < 1.29 is 0 Å². The van der Waals surface area contributed by atoms with Crippen molar-refractivity contribution in [1.29, 1.82) is 0 Å². The minimum Gasteiger partial charge on any atom is -0.313 e. The Morgan fingerprint density at radius 1 is 1.10 bits per heavy atom. The van der Waals surface area contributed by atoms with Gasteiger partial charge in [-0.15, -0.1) is 0 Å². The van der Waals surface area contributed by atoms with Crippen molar-refractivity contribution in [3.05, 3.63) is 0 Å². The van der Waals surface area contributed by atoms with Crippen molar-refractivity contribution in [1.82, 2.24) is 10.2 Å². The molecule has 2 aliphatic rings. The summed E-state index contributed by atoms with van der Waals surface area (Å²) < 4.78 is 0. The summed E-state index contributed by atoms with van der Waals surface area (Å²) >= 11 is 0. The highest BCUT2D eigenvalue weighted by atomic mass is 15.2. The highest BCUT2D eigenvalue weighted by Crippen LogP contribution is 2.33. The van der Waals surface area contributed by atoms with Crippen LogP contribution in [-0.2, 0) is 0 Å². The largest absolute Gasteiger partial charge is 0.313 e. The predicted octanol–water partition coefficient (Wildman–Crippen LogP) is 4.20. The van der Waals surface area contributed by atoms with Crippen molar-refractivity contribution in [3.63, 3.8) is 0 Å². The third kappa shape index (κ3) is 4.21. The molecule has 1 heterocycles. The third-order valence-electron chi connectivity index (χ3n) is 5.69. The SMILES string of the molecule is CCCNC(C)C1CCCCN1C1CCCC(CC)C1. The van der Waals surface area contributed by atoms with Crippen molar-refractivity contribution in [2.75, 3.05) is 13.1 Å². The van der Waals surface area contributed by atoms with Crippen LogP contribution >= 0.6 is 0 Å². The number of hydrogen-bond acceptors (Lipinski definition) is 2. The molecule has 4 unspecified atom stereocenters. The van der Waals surface area contributed by atoms with Gasteiger partial charge in [0.1, 0.15) is 0 Å². The van der Waals surface area contributed by atoms with E-state index in [1.165, 1.54) is 70.9 Å². The summed E-state index contributed by atoms with van der Waals surface area (Å²) in [6, 6.07) is 2.33. The quantitative estimate of drug-likeness (QED) is 0.784. The number of hydrogen-bond donors (Lipinski definition) is 1. The van der Waals surface area contributed by atoms with Crippen molar-refractivity contribution in [2.45, 2.75) is 96.7 Å². The Bertz CT molecular complexity index is 266. The van der Waals surface area contributed by atoms with Crippen LogP contribution in [0.25, 0.3) is 0 Å². The van der Waals surface area contributed by atoms with E-state index in [2.05, 4.69) is 31.0 Å². The fourth-order valence-electron chi connectivity index (χ4n) is 4.41. The Balaban J connectivity index is 1.95. The minimum atomic E-state index is 0.664. The van der Waals surface area contributed by atoms with E-state index in [0.29, 0.717) is 6.04 Å². The lowest BCUT2D eigenvalue weighted by molar-refractivity contribution is 0.0418. The van der Waals surface area contributed by atoms with E-state index in [4.69, 9.17) is 0 Å². The standard InChI is InChI=1S/C18H36N2/c1-4-12-19-15(3)18-11-6-7-13-20(18)17-10-8-9-16(5-2)14-17/h15-19H,4-14H2,1-3H3. The molecular weight excluding hydrogens is 244 g/mol. The zero-order valence-corrected chi connectivity index (χ0v) is 14.0. The second kappa shape index (κ2) is 8.38. The van der Waals surface area contributed by atoms with Crippen LogP contribution in [-0.4, -0.2) is 36.1 Å². The average Bonchev–Trinajstić information content (AvgIpc) is 2.52. The maximum absolute atomic E-state index is 3.75. The second-order valence-electron chi connectivity index (χ2n) is 7.14. The topological polar surface area (TPSA) is 15.3 Å². The molecule has 2 heteroatoms. The van der Waals surface area contributed by atoms with Gasteiger partial charge in [-0.25, -0.2) is 0 Å². The van der Waals surface area contributed by atoms with Gasteiger partial charge >= 0.3 is 0 Å². The fourth-order valence-corrected chi connectivity index (χ4v) is 4.41. The first kappa shape index (κ1) is 16.3. The van der Waals surface area contributed by atoms with Gasteiger partial charge < -0.3 is 5.32 Å². The molecule has 0 aromatic rings. The summed E-state index contributed by atoms with van der Waals surface area (Å²) in [6.45, 7) is 9.59. The Morgan fingerprint density at radius 3 is 2.70 bits per heavy atom. The molecule has 20 heavy (non-hydrogen) atoms. The van der Waals surface area contributed by atoms with E-state index >= 15 is 0 Å². The summed E-state index contributed by atoms with van der Waals surface area (Å²) in [6.07, 6.45) is 12.8. The van der Waals surface area contributed by atoms with Crippen molar-refractivity contribution >= 4 is 0 Å². The summed E-state index contributed by atoms with van der Waals surface area (Å²) in [7, 11) is 0. The maximum Gasteiger partial charge on any atom is 0.0249 e. The normalized spacial score (nSPS) is 34.0. The van der Waals surface area contributed by atoms with E-state index in [1.54, 1.807) is 0 Å². The molecule has 0 spiro atoms. The van der Waals surface area contributed by atoms with Gasteiger partial charge in [0, 0.05) is 18.1 Å². The van der Waals surface area contributed by atoms with Gasteiger partial charge in [-0.1, -0.05) is 39.5 Å². The monoisotopic (exact) mass is 280 g/mol. The maximum atomic E-state index is 3.75. The third-order valence-corrected chi connectivity index (χ3v) is 5.69. The molecule has 0 aromatic carbocycles. The molecule has 1 N–H and O–H groups in total. The summed E-state index contributed by atoms with van der Waals surface area (Å²) in [5, 5.41) is 3.75. The van der Waals surface area contributed by atoms with Crippen LogP contribution in [0.5, 0.6) is 0 Å². The summed E-state index contributed by atoms with van der Waals surface area (Å²) in [5.41, 5.74) is 0. The van der Waals surface area contributed by atoms with Crippen LogP contribution in [0.2, 0.25) is 0 Å². The molecule has 2 fully saturated rings. The van der Waals surface area contributed by atoms with Crippen LogP contribution in [0.4, 0.5) is 0 Å². The molecule has 1 saturated heterocycles. The molecule has 2 nitrogen and oxygen atoms in total. The summed E-state index contributed by atoms with van der Waals surface area (Å²) in [4.78, 5) is 2.90. The lowest BCUT2D eigenvalue weighted by atomic mass is 9.81. The smallest absolute Gasteiger partial charge is 0.0249 e. The molecular formula is C18H36N2. The zero-order chi connectivity index (χ0) is 14.4. The Labute approximate surface area is 126 Å². The van der Waals surface area contributed by atoms with E-state index in [1.807, 2.05) is 0 Å². The molecule has 0 bridgehead atoms. The lowest BCUT2D eigenvalue weighted by Gasteiger charge is -2.46. The molecule has 0 radical (unpaired) electrons. The van der Waals surface area contributed by atoms with Crippen molar-refractivity contribution in [2.24, 2.45) is 5.92 Å².